The van der Waals surface area contributed by atoms with Crippen molar-refractivity contribution < 1.29 is 18.3 Å². The third-order valence-corrected chi connectivity index (χ3v) is 4.88. The number of nitrogens with zero attached hydrogens (tertiary/aromatic N) is 1. The molecule has 1 aromatic rings. The van der Waals surface area contributed by atoms with Crippen molar-refractivity contribution >= 4 is 5.97 Å². The molecule has 0 radical (unpaired) electrons. The van der Waals surface area contributed by atoms with Gasteiger partial charge in [-0.05, 0) is 18.9 Å². The van der Waals surface area contributed by atoms with E-state index in [1.807, 2.05) is 37.3 Å². The molecule has 1 saturated carbocycles. The van der Waals surface area contributed by atoms with E-state index in [0.29, 0.717) is 6.42 Å². The fourth-order valence-electron chi connectivity index (χ4n) is 3.85. The van der Waals surface area contributed by atoms with E-state index < -0.39 is 36.3 Å². The maximum absolute atomic E-state index is 14.1. The van der Waals surface area contributed by atoms with E-state index in [9.17, 15) is 13.6 Å². The molecule has 1 aliphatic carbocycles. The molecule has 1 aromatic carbocycles. The average Bonchev–Trinajstić information content (AvgIpc) is 3.04. The third kappa shape index (κ3) is 2.14. The Balaban J connectivity index is 1.93. The summed E-state index contributed by atoms with van der Waals surface area (Å²) in [6.45, 7) is 1.92. The predicted octanol–water partition coefficient (Wildman–Crippen LogP) is 2.67. The summed E-state index contributed by atoms with van der Waals surface area (Å²) in [6, 6.07) is 8.17. The molecule has 21 heavy (non-hydrogen) atoms. The van der Waals surface area contributed by atoms with Gasteiger partial charge in [-0.15, -0.1) is 0 Å². The highest BCUT2D eigenvalue weighted by atomic mass is 19.2. The second-order valence-electron chi connectivity index (χ2n) is 5.86. The van der Waals surface area contributed by atoms with Crippen molar-refractivity contribution in [1.82, 2.24) is 4.90 Å². The van der Waals surface area contributed by atoms with Crippen LogP contribution < -0.4 is 0 Å². The van der Waals surface area contributed by atoms with Gasteiger partial charge in [-0.3, -0.25) is 9.69 Å². The lowest BCUT2D eigenvalue weighted by molar-refractivity contribution is -0.153. The molecule has 5 heteroatoms. The van der Waals surface area contributed by atoms with Gasteiger partial charge in [0.25, 0.3) is 0 Å². The zero-order chi connectivity index (χ0) is 15.1. The Kier molecular flexibility index (Phi) is 3.69. The van der Waals surface area contributed by atoms with Gasteiger partial charge in [-0.25, -0.2) is 8.78 Å². The second-order valence-corrected chi connectivity index (χ2v) is 5.86. The first kappa shape index (κ1) is 14.4. The lowest BCUT2D eigenvalue weighted by Gasteiger charge is -2.40. The van der Waals surface area contributed by atoms with E-state index in [4.69, 9.17) is 4.74 Å². The van der Waals surface area contributed by atoms with Gasteiger partial charge >= 0.3 is 5.97 Å². The maximum atomic E-state index is 14.1. The van der Waals surface area contributed by atoms with Crippen LogP contribution in [0.1, 0.15) is 24.9 Å². The monoisotopic (exact) mass is 295 g/mol. The molecule has 2 unspecified atom stereocenters. The number of halogens is 2. The summed E-state index contributed by atoms with van der Waals surface area (Å²) >= 11 is 0. The lowest BCUT2D eigenvalue weighted by Crippen LogP contribution is -2.55. The smallest absolute Gasteiger partial charge is 0.323 e. The molecule has 0 N–H and O–H groups in total. The Morgan fingerprint density at radius 3 is 2.57 bits per heavy atom. The molecule has 0 spiro atoms. The van der Waals surface area contributed by atoms with Crippen LogP contribution >= 0.6 is 0 Å². The van der Waals surface area contributed by atoms with Crippen LogP contribution in [0, 0.1) is 5.92 Å². The minimum atomic E-state index is -1.57. The molecule has 114 valence electrons. The fourth-order valence-corrected chi connectivity index (χ4v) is 3.85. The molecule has 3 rings (SSSR count). The summed E-state index contributed by atoms with van der Waals surface area (Å²) in [5, 5.41) is 0. The van der Waals surface area contributed by atoms with Crippen LogP contribution in [0.15, 0.2) is 30.3 Å². The highest BCUT2D eigenvalue weighted by Crippen LogP contribution is 2.49. The van der Waals surface area contributed by atoms with Crippen molar-refractivity contribution in [3.05, 3.63) is 35.9 Å². The molecular weight excluding hydrogens is 276 g/mol. The van der Waals surface area contributed by atoms with Crippen molar-refractivity contribution in [3.63, 3.8) is 0 Å². The molecule has 3 nitrogen and oxygen atoms in total. The van der Waals surface area contributed by atoms with Crippen molar-refractivity contribution in [2.75, 3.05) is 7.11 Å². The van der Waals surface area contributed by atoms with Gasteiger partial charge in [0, 0.05) is 18.0 Å². The van der Waals surface area contributed by atoms with Gasteiger partial charge in [0.05, 0.1) is 7.11 Å². The summed E-state index contributed by atoms with van der Waals surface area (Å²) < 4.78 is 32.9. The molecule has 2 bridgehead atoms. The molecule has 0 aromatic heterocycles. The molecular formula is C16H19F2NO2. The Labute approximate surface area is 122 Å². The number of alkyl halides is 2. The predicted molar refractivity (Wildman–Crippen MR) is 74.2 cm³/mol. The van der Waals surface area contributed by atoms with Crippen molar-refractivity contribution in [2.45, 2.75) is 43.8 Å². The van der Waals surface area contributed by atoms with Gasteiger partial charge in [-0.1, -0.05) is 30.3 Å². The van der Waals surface area contributed by atoms with Gasteiger partial charge in [-0.2, -0.15) is 0 Å². The number of hydrogen-bond acceptors (Lipinski definition) is 3. The number of piperidine rings is 1. The van der Waals surface area contributed by atoms with E-state index in [1.54, 1.807) is 4.90 Å². The molecule has 6 atom stereocenters. The van der Waals surface area contributed by atoms with Gasteiger partial charge in [0.2, 0.25) is 0 Å². The summed E-state index contributed by atoms with van der Waals surface area (Å²) in [5.74, 6) is -1.08. The number of carbonyl (C=O) groups is 1. The van der Waals surface area contributed by atoms with Crippen LogP contribution in [-0.4, -0.2) is 42.4 Å². The molecule has 1 aliphatic heterocycles. The number of rotatable bonds is 3. The third-order valence-electron chi connectivity index (χ3n) is 4.88. The summed E-state index contributed by atoms with van der Waals surface area (Å²) in [6.07, 6.45) is -2.72. The van der Waals surface area contributed by atoms with E-state index in [0.717, 1.165) is 5.56 Å². The van der Waals surface area contributed by atoms with Crippen molar-refractivity contribution in [3.8, 4) is 0 Å². The van der Waals surface area contributed by atoms with Gasteiger partial charge in [0.1, 0.15) is 18.4 Å². The van der Waals surface area contributed by atoms with Crippen molar-refractivity contribution in [1.29, 1.82) is 0 Å². The number of benzene rings is 1. The number of likely N-dealkylation sites (tertiary alicyclic amines) is 1. The first-order chi connectivity index (χ1) is 10.1. The number of carbonyl (C=O) groups excluding carboxylic acids is 1. The van der Waals surface area contributed by atoms with Crippen LogP contribution in [0.25, 0.3) is 0 Å². The van der Waals surface area contributed by atoms with Crippen LogP contribution in [0.4, 0.5) is 8.78 Å². The zero-order valence-corrected chi connectivity index (χ0v) is 12.1. The van der Waals surface area contributed by atoms with Crippen LogP contribution in [0.5, 0.6) is 0 Å². The summed E-state index contributed by atoms with van der Waals surface area (Å²) in [5.41, 5.74) is 0.988. The quantitative estimate of drug-likeness (QED) is 0.803. The van der Waals surface area contributed by atoms with E-state index in [2.05, 4.69) is 0 Å². The number of fused-ring (bicyclic) bond motifs is 2. The van der Waals surface area contributed by atoms with Gasteiger partial charge < -0.3 is 4.74 Å². The second kappa shape index (κ2) is 5.37. The van der Waals surface area contributed by atoms with Crippen LogP contribution in [-0.2, 0) is 9.53 Å². The first-order valence-electron chi connectivity index (χ1n) is 7.24. The summed E-state index contributed by atoms with van der Waals surface area (Å²) in [4.78, 5) is 13.8. The summed E-state index contributed by atoms with van der Waals surface area (Å²) in [7, 11) is 1.29. The first-order valence-corrected chi connectivity index (χ1v) is 7.24. The largest absolute Gasteiger partial charge is 0.468 e. The number of hydrogen-bond donors (Lipinski definition) is 0. The average molecular weight is 295 g/mol. The number of ether oxygens (including phenoxy) is 1. The van der Waals surface area contributed by atoms with E-state index in [1.165, 1.54) is 7.11 Å². The number of esters is 1. The Morgan fingerprint density at radius 1 is 1.29 bits per heavy atom. The van der Waals surface area contributed by atoms with Gasteiger partial charge in [0.15, 0.2) is 0 Å². The lowest BCUT2D eigenvalue weighted by atomic mass is 9.93. The molecule has 0 amide bonds. The minimum Gasteiger partial charge on any atom is -0.468 e. The Morgan fingerprint density at radius 2 is 1.95 bits per heavy atom. The SMILES string of the molecule is COC(=O)[C@H]1[C@H]2C[C@H](C(F)C2F)N1[C@@H](C)c1ccccc1. The highest BCUT2D eigenvalue weighted by molar-refractivity contribution is 5.77. The normalized spacial score (nSPS) is 36.7. The maximum Gasteiger partial charge on any atom is 0.323 e. The molecule has 1 heterocycles. The minimum absolute atomic E-state index is 0.156. The topological polar surface area (TPSA) is 29.5 Å². The Hall–Kier alpha value is -1.49. The standard InChI is InChI=1S/C16H19F2NO2/c1-9(10-6-4-3-5-7-10)19-12-8-11(13(17)14(12)18)15(19)16(20)21-2/h3-7,9,11-15H,8H2,1-2H3/t9-,11-,12+,13?,14?,15+/m0/s1. The van der Waals surface area contributed by atoms with Crippen molar-refractivity contribution in [2.24, 2.45) is 5.92 Å². The number of methoxy groups -OCH3 is 1. The zero-order valence-electron chi connectivity index (χ0n) is 12.1. The fraction of sp³-hybridized carbons (Fsp3) is 0.562. The van der Waals surface area contributed by atoms with Crippen LogP contribution in [0.2, 0.25) is 0 Å². The molecule has 2 aliphatic rings. The van der Waals surface area contributed by atoms with Crippen LogP contribution in [0.3, 0.4) is 0 Å². The molecule has 1 saturated heterocycles. The Bertz CT molecular complexity index is 524. The highest BCUT2D eigenvalue weighted by Gasteiger charge is 2.61. The van der Waals surface area contributed by atoms with E-state index >= 15 is 0 Å². The molecule has 2 fully saturated rings. The van der Waals surface area contributed by atoms with E-state index in [-0.39, 0.29) is 6.04 Å².